The fourth-order valence-corrected chi connectivity index (χ4v) is 1.13. The average Bonchev–Trinajstić information content (AvgIpc) is 1.82. The van der Waals surface area contributed by atoms with Gasteiger partial charge in [-0.3, -0.25) is 4.79 Å². The van der Waals surface area contributed by atoms with Crippen LogP contribution in [0.25, 0.3) is 0 Å². The van der Waals surface area contributed by atoms with Crippen molar-refractivity contribution >= 4 is 15.9 Å². The minimum atomic E-state index is -2.97. The molecule has 6 heteroatoms. The number of hydrogen-bond donors (Lipinski definition) is 2. The van der Waals surface area contributed by atoms with E-state index in [1.54, 1.807) is 0 Å². The quantitative estimate of drug-likeness (QED) is 0.735. The first-order chi connectivity index (χ1) is 5.52. The third-order valence-electron chi connectivity index (χ3n) is 1.24. The molecule has 0 amide bonds. The average molecular weight is 240 g/mol. The summed E-state index contributed by atoms with van der Waals surface area (Å²) >= 11 is 2.84. The predicted octanol–water partition coefficient (Wildman–Crippen LogP) is 1.78. The Labute approximate surface area is 74.2 Å². The van der Waals surface area contributed by atoms with E-state index in [-0.39, 0.29) is 4.60 Å². The molecule has 1 heterocycles. The molecule has 1 aromatic rings. The molecule has 0 saturated carbocycles. The van der Waals surface area contributed by atoms with Crippen LogP contribution in [0.4, 0.5) is 8.78 Å². The van der Waals surface area contributed by atoms with Gasteiger partial charge >= 0.3 is 0 Å². The van der Waals surface area contributed by atoms with Gasteiger partial charge in [0.2, 0.25) is 0 Å². The Morgan fingerprint density at radius 1 is 1.58 bits per heavy atom. The molecule has 0 bridgehead atoms. The summed E-state index contributed by atoms with van der Waals surface area (Å²) < 4.78 is 24.2. The van der Waals surface area contributed by atoms with E-state index in [4.69, 9.17) is 5.11 Å². The predicted molar refractivity (Wildman–Crippen MR) is 41.4 cm³/mol. The second-order valence-corrected chi connectivity index (χ2v) is 2.90. The Bertz CT molecular complexity index is 350. The lowest BCUT2D eigenvalue weighted by Gasteiger charge is -2.01. The number of aromatic hydroxyl groups is 1. The normalized spacial score (nSPS) is 10.7. The molecule has 3 nitrogen and oxygen atoms in total. The number of pyridine rings is 1. The van der Waals surface area contributed by atoms with Crippen molar-refractivity contribution in [1.29, 1.82) is 0 Å². The van der Waals surface area contributed by atoms with Gasteiger partial charge in [0, 0.05) is 6.07 Å². The number of nitrogens with one attached hydrogen (secondary N) is 1. The third kappa shape index (κ3) is 1.63. The molecule has 1 rings (SSSR count). The van der Waals surface area contributed by atoms with Gasteiger partial charge in [-0.2, -0.15) is 0 Å². The second-order valence-electron chi connectivity index (χ2n) is 2.05. The largest absolute Gasteiger partial charge is 0.507 e. The zero-order chi connectivity index (χ0) is 9.30. The van der Waals surface area contributed by atoms with Crippen LogP contribution in [0, 0.1) is 0 Å². The molecule has 0 aromatic carbocycles. The van der Waals surface area contributed by atoms with Crippen molar-refractivity contribution in [3.8, 4) is 5.75 Å². The van der Waals surface area contributed by atoms with Gasteiger partial charge in [-0.25, -0.2) is 8.78 Å². The van der Waals surface area contributed by atoms with E-state index in [9.17, 15) is 13.6 Å². The monoisotopic (exact) mass is 239 g/mol. The van der Waals surface area contributed by atoms with E-state index < -0.39 is 23.3 Å². The van der Waals surface area contributed by atoms with E-state index in [0.717, 1.165) is 6.07 Å². The van der Waals surface area contributed by atoms with Crippen molar-refractivity contribution in [3.63, 3.8) is 0 Å². The smallest absolute Gasteiger partial charge is 0.272 e. The van der Waals surface area contributed by atoms with Crippen molar-refractivity contribution in [1.82, 2.24) is 4.98 Å². The molecule has 12 heavy (non-hydrogen) atoms. The first-order valence-corrected chi connectivity index (χ1v) is 3.71. The number of H-pyrrole nitrogens is 1. The van der Waals surface area contributed by atoms with Crippen molar-refractivity contribution in [2.75, 3.05) is 0 Å². The molecular formula is C6H4BrF2NO2. The highest BCUT2D eigenvalue weighted by atomic mass is 79.9. The fourth-order valence-electron chi connectivity index (χ4n) is 0.737. The number of aromatic amines is 1. The maximum atomic E-state index is 12.0. The Hall–Kier alpha value is -0.910. The van der Waals surface area contributed by atoms with Crippen LogP contribution in [0.5, 0.6) is 5.75 Å². The zero-order valence-corrected chi connectivity index (χ0v) is 7.23. The van der Waals surface area contributed by atoms with Gasteiger partial charge in [-0.15, -0.1) is 0 Å². The molecular weight excluding hydrogens is 236 g/mol. The summed E-state index contributed by atoms with van der Waals surface area (Å²) in [5, 5.41) is 8.91. The summed E-state index contributed by atoms with van der Waals surface area (Å²) in [6.45, 7) is 0. The number of rotatable bonds is 1. The first kappa shape index (κ1) is 9.18. The molecule has 0 spiro atoms. The van der Waals surface area contributed by atoms with Gasteiger partial charge in [-0.1, -0.05) is 0 Å². The van der Waals surface area contributed by atoms with E-state index in [1.165, 1.54) is 0 Å². The van der Waals surface area contributed by atoms with Crippen LogP contribution in [0.3, 0.4) is 0 Å². The topological polar surface area (TPSA) is 53.1 Å². The summed E-state index contributed by atoms with van der Waals surface area (Å²) in [6, 6.07) is 1.00. The van der Waals surface area contributed by atoms with Crippen LogP contribution in [0.2, 0.25) is 0 Å². The highest BCUT2D eigenvalue weighted by Crippen LogP contribution is 2.25. The van der Waals surface area contributed by atoms with Crippen molar-refractivity contribution in [2.45, 2.75) is 6.43 Å². The van der Waals surface area contributed by atoms with Crippen LogP contribution < -0.4 is 5.56 Å². The number of hydrogen-bond acceptors (Lipinski definition) is 2. The molecule has 0 atom stereocenters. The Morgan fingerprint density at radius 2 is 2.17 bits per heavy atom. The summed E-state index contributed by atoms with van der Waals surface area (Å²) in [5.41, 5.74) is -1.89. The summed E-state index contributed by atoms with van der Waals surface area (Å²) in [4.78, 5) is 12.9. The molecule has 0 aliphatic rings. The summed E-state index contributed by atoms with van der Waals surface area (Å²) in [7, 11) is 0. The van der Waals surface area contributed by atoms with Gasteiger partial charge in [0.05, 0.1) is 4.60 Å². The molecule has 0 saturated heterocycles. The fraction of sp³-hybridized carbons (Fsp3) is 0.167. The van der Waals surface area contributed by atoms with E-state index in [0.29, 0.717) is 0 Å². The van der Waals surface area contributed by atoms with E-state index >= 15 is 0 Å². The second kappa shape index (κ2) is 3.22. The van der Waals surface area contributed by atoms with Crippen LogP contribution in [-0.2, 0) is 0 Å². The van der Waals surface area contributed by atoms with Crippen molar-refractivity contribution in [2.24, 2.45) is 0 Å². The lowest BCUT2D eigenvalue weighted by atomic mass is 10.2. The molecule has 0 unspecified atom stereocenters. The van der Waals surface area contributed by atoms with E-state index in [1.807, 2.05) is 0 Å². The summed E-state index contributed by atoms with van der Waals surface area (Å²) in [5.74, 6) is -0.708. The molecule has 0 fully saturated rings. The molecule has 0 radical (unpaired) electrons. The first-order valence-electron chi connectivity index (χ1n) is 2.92. The minimum absolute atomic E-state index is 0.161. The van der Waals surface area contributed by atoms with Gasteiger partial charge in [0.1, 0.15) is 11.3 Å². The number of halogens is 3. The van der Waals surface area contributed by atoms with Crippen LogP contribution in [-0.4, -0.2) is 10.1 Å². The lowest BCUT2D eigenvalue weighted by Crippen LogP contribution is -2.12. The van der Waals surface area contributed by atoms with Crippen LogP contribution in [0.1, 0.15) is 12.0 Å². The minimum Gasteiger partial charge on any atom is -0.507 e. The van der Waals surface area contributed by atoms with Crippen molar-refractivity contribution in [3.05, 3.63) is 26.6 Å². The summed E-state index contributed by atoms with van der Waals surface area (Å²) in [6.07, 6.45) is -2.97. The molecule has 2 N–H and O–H groups in total. The van der Waals surface area contributed by atoms with Gasteiger partial charge in [0.15, 0.2) is 0 Å². The maximum absolute atomic E-state index is 12.0. The highest BCUT2D eigenvalue weighted by Gasteiger charge is 2.17. The lowest BCUT2D eigenvalue weighted by molar-refractivity contribution is 0.145. The van der Waals surface area contributed by atoms with Crippen LogP contribution in [0.15, 0.2) is 15.5 Å². The Kier molecular flexibility index (Phi) is 2.46. The number of alkyl halides is 2. The standard InChI is InChI=1S/C6H4BrF2NO2/c7-3-1-2(11)4(5(8)9)6(12)10-3/h1,5H,(H2,10,11,12). The Morgan fingerprint density at radius 3 is 2.58 bits per heavy atom. The highest BCUT2D eigenvalue weighted by molar-refractivity contribution is 9.10. The Balaban J connectivity index is 3.39. The molecule has 1 aromatic heterocycles. The zero-order valence-electron chi connectivity index (χ0n) is 5.64. The molecule has 66 valence electrons. The maximum Gasteiger partial charge on any atom is 0.272 e. The third-order valence-corrected chi connectivity index (χ3v) is 1.66. The molecule has 0 aliphatic heterocycles. The van der Waals surface area contributed by atoms with Gasteiger partial charge in [0.25, 0.3) is 12.0 Å². The molecule has 0 aliphatic carbocycles. The van der Waals surface area contributed by atoms with E-state index in [2.05, 4.69) is 20.9 Å². The van der Waals surface area contributed by atoms with Crippen molar-refractivity contribution < 1.29 is 13.9 Å². The number of aromatic nitrogens is 1. The van der Waals surface area contributed by atoms with Crippen LogP contribution >= 0.6 is 15.9 Å². The SMILES string of the molecule is O=c1[nH]c(Br)cc(O)c1C(F)F. The van der Waals surface area contributed by atoms with Gasteiger partial charge in [-0.05, 0) is 15.9 Å². The van der Waals surface area contributed by atoms with Gasteiger partial charge < -0.3 is 10.1 Å².